The Kier molecular flexibility index (Phi) is 5.38. The number of hydrogen-bond acceptors (Lipinski definition) is 4. The van der Waals surface area contributed by atoms with E-state index < -0.39 is 23.1 Å². The lowest BCUT2D eigenvalue weighted by atomic mass is 10.2. The second kappa shape index (κ2) is 7.28. The van der Waals surface area contributed by atoms with Gasteiger partial charge in [0.25, 0.3) is 11.8 Å². The molecule has 1 aromatic heterocycles. The number of amides is 2. The molecule has 8 heteroatoms. The lowest BCUT2D eigenvalue weighted by Gasteiger charge is -2.09. The van der Waals surface area contributed by atoms with Gasteiger partial charge >= 0.3 is 0 Å². The Balaban J connectivity index is 2.10. The number of carbonyl (C=O) groups excluding carboxylic acids is 2. The topological polar surface area (TPSA) is 71.1 Å². The fourth-order valence-corrected chi connectivity index (χ4v) is 2.40. The van der Waals surface area contributed by atoms with Crippen molar-refractivity contribution < 1.29 is 18.4 Å². The number of aromatic nitrogens is 1. The molecule has 0 bridgehead atoms. The predicted octanol–water partition coefficient (Wildman–Crippen LogP) is 3.20. The monoisotopic (exact) mass is 339 g/mol. The van der Waals surface area contributed by atoms with E-state index >= 15 is 0 Å². The number of thiazole rings is 1. The van der Waals surface area contributed by atoms with E-state index in [4.69, 9.17) is 0 Å². The van der Waals surface area contributed by atoms with Crippen LogP contribution in [-0.2, 0) is 0 Å². The molecule has 0 radical (unpaired) electrons. The minimum absolute atomic E-state index is 0.00486. The van der Waals surface area contributed by atoms with Gasteiger partial charge in [-0.05, 0) is 25.5 Å². The predicted molar refractivity (Wildman–Crippen MR) is 83.6 cm³/mol. The first kappa shape index (κ1) is 17.0. The van der Waals surface area contributed by atoms with Crippen LogP contribution in [0.3, 0.4) is 0 Å². The lowest BCUT2D eigenvalue weighted by Crippen LogP contribution is -2.32. The molecule has 0 unspecified atom stereocenters. The van der Waals surface area contributed by atoms with Crippen LogP contribution in [-0.4, -0.2) is 22.8 Å². The summed E-state index contributed by atoms with van der Waals surface area (Å²) < 4.78 is 27.1. The summed E-state index contributed by atoms with van der Waals surface area (Å²) in [6, 6.07) is 3.15. The summed E-state index contributed by atoms with van der Waals surface area (Å²) in [7, 11) is 0. The molecule has 2 N–H and O–H groups in total. The van der Waals surface area contributed by atoms with Gasteiger partial charge in [-0.2, -0.15) is 0 Å². The summed E-state index contributed by atoms with van der Waals surface area (Å²) in [5.41, 5.74) is -0.548. The summed E-state index contributed by atoms with van der Waals surface area (Å²) in [4.78, 5) is 27.8. The maximum absolute atomic E-state index is 13.5. The van der Waals surface area contributed by atoms with Crippen molar-refractivity contribution in [3.8, 4) is 0 Å². The summed E-state index contributed by atoms with van der Waals surface area (Å²) in [6.07, 6.45) is 0.770. The molecule has 0 aliphatic rings. The van der Waals surface area contributed by atoms with Gasteiger partial charge in [0.05, 0.1) is 0 Å². The van der Waals surface area contributed by atoms with E-state index in [0.717, 1.165) is 29.9 Å². The molecule has 23 heavy (non-hydrogen) atoms. The third-order valence-electron chi connectivity index (χ3n) is 3.14. The van der Waals surface area contributed by atoms with Crippen molar-refractivity contribution in [2.45, 2.75) is 26.3 Å². The number of carbonyl (C=O) groups is 2. The van der Waals surface area contributed by atoms with Gasteiger partial charge in [-0.15, -0.1) is 11.3 Å². The quantitative estimate of drug-likeness (QED) is 0.879. The van der Waals surface area contributed by atoms with Crippen LogP contribution in [0, 0.1) is 11.6 Å². The Bertz CT molecular complexity index is 713. The van der Waals surface area contributed by atoms with Gasteiger partial charge in [-0.3, -0.25) is 14.9 Å². The van der Waals surface area contributed by atoms with E-state index in [9.17, 15) is 18.4 Å². The van der Waals surface area contributed by atoms with E-state index in [1.165, 1.54) is 11.4 Å². The Morgan fingerprint density at radius 3 is 2.52 bits per heavy atom. The van der Waals surface area contributed by atoms with Crippen LogP contribution in [0.1, 0.15) is 41.1 Å². The number of anilines is 1. The van der Waals surface area contributed by atoms with Crippen molar-refractivity contribution in [3.05, 3.63) is 46.5 Å². The van der Waals surface area contributed by atoms with Gasteiger partial charge < -0.3 is 5.32 Å². The molecule has 0 spiro atoms. The second-order valence-corrected chi connectivity index (χ2v) is 5.73. The zero-order valence-corrected chi connectivity index (χ0v) is 13.3. The van der Waals surface area contributed by atoms with E-state index in [1.54, 1.807) is 0 Å². The molecule has 2 aromatic rings. The van der Waals surface area contributed by atoms with Crippen LogP contribution in [0.15, 0.2) is 23.6 Å². The first-order valence-corrected chi connectivity index (χ1v) is 7.82. The standard InChI is InChI=1S/C15H15F2N3O2S/c1-3-8(2)18-13(21)11-7-23-15(19-11)20-14(22)12-9(16)5-4-6-10(12)17/h4-8H,3H2,1-2H3,(H,18,21)(H,19,20,22)/t8-/m0/s1. The molecule has 1 heterocycles. The number of nitrogens with zero attached hydrogens (tertiary/aromatic N) is 1. The molecule has 0 saturated carbocycles. The number of hydrogen-bond donors (Lipinski definition) is 2. The molecule has 0 fully saturated rings. The zero-order chi connectivity index (χ0) is 17.0. The van der Waals surface area contributed by atoms with Crippen molar-refractivity contribution in [3.63, 3.8) is 0 Å². The zero-order valence-electron chi connectivity index (χ0n) is 12.5. The second-order valence-electron chi connectivity index (χ2n) is 4.87. The van der Waals surface area contributed by atoms with Crippen LogP contribution >= 0.6 is 11.3 Å². The van der Waals surface area contributed by atoms with Gasteiger partial charge in [0, 0.05) is 11.4 Å². The Morgan fingerprint density at radius 2 is 1.91 bits per heavy atom. The van der Waals surface area contributed by atoms with E-state index in [-0.39, 0.29) is 22.8 Å². The molecule has 1 atom stereocenters. The first-order valence-electron chi connectivity index (χ1n) is 6.94. The van der Waals surface area contributed by atoms with Gasteiger partial charge in [-0.25, -0.2) is 13.8 Å². The molecule has 2 rings (SSSR count). The lowest BCUT2D eigenvalue weighted by molar-refractivity contribution is 0.0933. The fraction of sp³-hybridized carbons (Fsp3) is 0.267. The van der Waals surface area contributed by atoms with Crippen molar-refractivity contribution in [1.29, 1.82) is 0 Å². The summed E-state index contributed by atoms with van der Waals surface area (Å²) >= 11 is 0.998. The molecule has 5 nitrogen and oxygen atoms in total. The van der Waals surface area contributed by atoms with E-state index in [1.807, 2.05) is 13.8 Å². The smallest absolute Gasteiger partial charge is 0.271 e. The molecule has 1 aromatic carbocycles. The van der Waals surface area contributed by atoms with E-state index in [2.05, 4.69) is 15.6 Å². The number of benzene rings is 1. The highest BCUT2D eigenvalue weighted by molar-refractivity contribution is 7.14. The number of halogens is 2. The van der Waals surface area contributed by atoms with Crippen LogP contribution in [0.4, 0.5) is 13.9 Å². The van der Waals surface area contributed by atoms with Crippen molar-refractivity contribution >= 4 is 28.3 Å². The van der Waals surface area contributed by atoms with Crippen LogP contribution < -0.4 is 10.6 Å². The maximum Gasteiger partial charge on any atom is 0.271 e. The molecule has 0 aliphatic heterocycles. The number of rotatable bonds is 5. The highest BCUT2D eigenvalue weighted by atomic mass is 32.1. The van der Waals surface area contributed by atoms with Crippen molar-refractivity contribution in [2.24, 2.45) is 0 Å². The highest BCUT2D eigenvalue weighted by Gasteiger charge is 2.19. The van der Waals surface area contributed by atoms with Gasteiger partial charge in [0.15, 0.2) is 5.13 Å². The Hall–Kier alpha value is -2.35. The minimum Gasteiger partial charge on any atom is -0.348 e. The molecule has 0 aliphatic carbocycles. The average Bonchev–Trinajstić information content (AvgIpc) is 2.95. The summed E-state index contributed by atoms with van der Waals surface area (Å²) in [5.74, 6) is -3.25. The van der Waals surface area contributed by atoms with Crippen LogP contribution in [0.2, 0.25) is 0 Å². The molecule has 2 amide bonds. The third kappa shape index (κ3) is 4.10. The molecular formula is C15H15F2N3O2S. The van der Waals surface area contributed by atoms with Crippen molar-refractivity contribution in [2.75, 3.05) is 5.32 Å². The highest BCUT2D eigenvalue weighted by Crippen LogP contribution is 2.19. The largest absolute Gasteiger partial charge is 0.348 e. The van der Waals surface area contributed by atoms with E-state index in [0.29, 0.717) is 0 Å². The third-order valence-corrected chi connectivity index (χ3v) is 3.89. The SMILES string of the molecule is CC[C@H](C)NC(=O)c1csc(NC(=O)c2c(F)cccc2F)n1. The maximum atomic E-state index is 13.5. The van der Waals surface area contributed by atoms with Crippen LogP contribution in [0.5, 0.6) is 0 Å². The Labute approximate surface area is 135 Å². The van der Waals surface area contributed by atoms with Gasteiger partial charge in [0.1, 0.15) is 22.9 Å². The first-order chi connectivity index (χ1) is 10.9. The molecule has 0 saturated heterocycles. The Morgan fingerprint density at radius 1 is 1.26 bits per heavy atom. The van der Waals surface area contributed by atoms with Crippen molar-refractivity contribution in [1.82, 2.24) is 10.3 Å². The minimum atomic E-state index is -0.964. The van der Waals surface area contributed by atoms with Gasteiger partial charge in [0.2, 0.25) is 0 Å². The fourth-order valence-electron chi connectivity index (χ4n) is 1.71. The average molecular weight is 339 g/mol. The van der Waals surface area contributed by atoms with Gasteiger partial charge in [-0.1, -0.05) is 13.0 Å². The normalized spacial score (nSPS) is 11.8. The molecular weight excluding hydrogens is 324 g/mol. The number of nitrogens with one attached hydrogen (secondary N) is 2. The summed E-state index contributed by atoms with van der Waals surface area (Å²) in [5, 5.41) is 6.58. The summed E-state index contributed by atoms with van der Waals surface area (Å²) in [6.45, 7) is 3.79. The van der Waals surface area contributed by atoms with Crippen LogP contribution in [0.25, 0.3) is 0 Å². The molecule has 122 valence electrons.